The van der Waals surface area contributed by atoms with Crippen LogP contribution in [0.2, 0.25) is 0 Å². The van der Waals surface area contributed by atoms with E-state index < -0.39 is 0 Å². The van der Waals surface area contributed by atoms with E-state index in [1.807, 2.05) is 26.0 Å². The number of aryl methyl sites for hydroxylation is 1. The third kappa shape index (κ3) is 1.51. The monoisotopic (exact) mass is 212 g/mol. The molecule has 0 saturated carbocycles. The average molecular weight is 213 g/mol. The quantitative estimate of drug-likeness (QED) is 0.655. The standard InChI is InChI=1S/C9H9BrO/c1-6-3-4-9(10)7(2)8(6)5-11/h3-5H,1-2H3. The second-order valence-electron chi connectivity index (χ2n) is 2.52. The Morgan fingerprint density at radius 3 is 2.45 bits per heavy atom. The van der Waals surface area contributed by atoms with E-state index in [0.29, 0.717) is 0 Å². The zero-order valence-corrected chi connectivity index (χ0v) is 8.10. The fourth-order valence-corrected chi connectivity index (χ4v) is 1.36. The van der Waals surface area contributed by atoms with Crippen LogP contribution in [0.15, 0.2) is 16.6 Å². The van der Waals surface area contributed by atoms with Crippen LogP contribution in [-0.2, 0) is 0 Å². The van der Waals surface area contributed by atoms with Gasteiger partial charge in [0.25, 0.3) is 0 Å². The van der Waals surface area contributed by atoms with Gasteiger partial charge in [-0.25, -0.2) is 0 Å². The van der Waals surface area contributed by atoms with Crippen LogP contribution in [-0.4, -0.2) is 6.29 Å². The Bertz CT molecular complexity index is 292. The number of hydrogen-bond donors (Lipinski definition) is 0. The van der Waals surface area contributed by atoms with Gasteiger partial charge in [-0.05, 0) is 31.0 Å². The van der Waals surface area contributed by atoms with Crippen molar-refractivity contribution in [1.82, 2.24) is 0 Å². The van der Waals surface area contributed by atoms with E-state index in [0.717, 1.165) is 27.4 Å². The summed E-state index contributed by atoms with van der Waals surface area (Å²) in [6.45, 7) is 3.87. The van der Waals surface area contributed by atoms with Gasteiger partial charge in [0, 0.05) is 10.0 Å². The minimum atomic E-state index is 0.791. The minimum absolute atomic E-state index is 0.791. The first-order valence-corrected chi connectivity index (χ1v) is 4.17. The molecule has 0 radical (unpaired) electrons. The van der Waals surface area contributed by atoms with Crippen LogP contribution in [0.5, 0.6) is 0 Å². The Morgan fingerprint density at radius 1 is 1.36 bits per heavy atom. The number of carbonyl (C=O) groups excluding carboxylic acids is 1. The Morgan fingerprint density at radius 2 is 2.00 bits per heavy atom. The van der Waals surface area contributed by atoms with Crippen LogP contribution in [0, 0.1) is 13.8 Å². The van der Waals surface area contributed by atoms with Gasteiger partial charge in [0.15, 0.2) is 6.29 Å². The predicted molar refractivity (Wildman–Crippen MR) is 49.0 cm³/mol. The minimum Gasteiger partial charge on any atom is -0.298 e. The van der Waals surface area contributed by atoms with Gasteiger partial charge >= 0.3 is 0 Å². The molecule has 0 bridgehead atoms. The second kappa shape index (κ2) is 3.18. The summed E-state index contributed by atoms with van der Waals surface area (Å²) in [6.07, 6.45) is 0.898. The predicted octanol–water partition coefficient (Wildman–Crippen LogP) is 2.88. The first-order valence-electron chi connectivity index (χ1n) is 3.37. The summed E-state index contributed by atoms with van der Waals surface area (Å²) in [5.41, 5.74) is 2.83. The molecule has 1 nitrogen and oxygen atoms in total. The average Bonchev–Trinajstić information content (AvgIpc) is 1.99. The molecule has 0 aromatic heterocycles. The van der Waals surface area contributed by atoms with Gasteiger partial charge < -0.3 is 0 Å². The Kier molecular flexibility index (Phi) is 2.45. The molecule has 1 aromatic carbocycles. The lowest BCUT2D eigenvalue weighted by Crippen LogP contribution is -1.91. The zero-order valence-electron chi connectivity index (χ0n) is 6.52. The van der Waals surface area contributed by atoms with Crippen molar-refractivity contribution in [2.45, 2.75) is 13.8 Å². The number of halogens is 1. The summed E-state index contributed by atoms with van der Waals surface area (Å²) in [4.78, 5) is 10.6. The summed E-state index contributed by atoms with van der Waals surface area (Å²) in [5.74, 6) is 0. The molecular weight excluding hydrogens is 204 g/mol. The lowest BCUT2D eigenvalue weighted by Gasteiger charge is -2.03. The number of rotatable bonds is 1. The van der Waals surface area contributed by atoms with Gasteiger partial charge in [-0.2, -0.15) is 0 Å². The highest BCUT2D eigenvalue weighted by molar-refractivity contribution is 9.10. The summed E-state index contributed by atoms with van der Waals surface area (Å²) in [7, 11) is 0. The highest BCUT2D eigenvalue weighted by atomic mass is 79.9. The Hall–Kier alpha value is -0.630. The molecule has 0 heterocycles. The van der Waals surface area contributed by atoms with Crippen LogP contribution < -0.4 is 0 Å². The van der Waals surface area contributed by atoms with Crippen LogP contribution in [0.25, 0.3) is 0 Å². The SMILES string of the molecule is Cc1ccc(Br)c(C)c1C=O. The van der Waals surface area contributed by atoms with Crippen LogP contribution in [0.3, 0.4) is 0 Å². The maximum absolute atomic E-state index is 10.6. The molecule has 0 amide bonds. The number of hydrogen-bond acceptors (Lipinski definition) is 1. The third-order valence-corrected chi connectivity index (χ3v) is 2.64. The summed E-state index contributed by atoms with van der Waals surface area (Å²) < 4.78 is 0.991. The van der Waals surface area contributed by atoms with E-state index in [1.165, 1.54) is 0 Å². The molecule has 0 aliphatic rings. The lowest BCUT2D eigenvalue weighted by atomic mass is 10.0. The molecule has 0 N–H and O–H groups in total. The summed E-state index contributed by atoms with van der Waals surface area (Å²) in [5, 5.41) is 0. The van der Waals surface area contributed by atoms with Crippen LogP contribution >= 0.6 is 15.9 Å². The fraction of sp³-hybridized carbons (Fsp3) is 0.222. The van der Waals surface area contributed by atoms with E-state index in [9.17, 15) is 4.79 Å². The van der Waals surface area contributed by atoms with E-state index in [1.54, 1.807) is 0 Å². The molecule has 0 aliphatic carbocycles. The maximum atomic E-state index is 10.6. The van der Waals surface area contributed by atoms with E-state index in [4.69, 9.17) is 0 Å². The molecular formula is C9H9BrO. The molecule has 11 heavy (non-hydrogen) atoms. The zero-order chi connectivity index (χ0) is 8.43. The fourth-order valence-electron chi connectivity index (χ4n) is 1.02. The molecule has 0 spiro atoms. The van der Waals surface area contributed by atoms with E-state index in [-0.39, 0.29) is 0 Å². The number of benzene rings is 1. The number of aldehydes is 1. The molecule has 0 aliphatic heterocycles. The molecule has 58 valence electrons. The van der Waals surface area contributed by atoms with Crippen molar-refractivity contribution in [1.29, 1.82) is 0 Å². The number of carbonyl (C=O) groups is 1. The Balaban J connectivity index is 3.40. The van der Waals surface area contributed by atoms with Crippen molar-refractivity contribution in [3.8, 4) is 0 Å². The molecule has 0 atom stereocenters. The van der Waals surface area contributed by atoms with Crippen molar-refractivity contribution in [2.75, 3.05) is 0 Å². The molecule has 0 saturated heterocycles. The van der Waals surface area contributed by atoms with Crippen molar-refractivity contribution < 1.29 is 4.79 Å². The normalized spacial score (nSPS) is 9.73. The maximum Gasteiger partial charge on any atom is 0.150 e. The van der Waals surface area contributed by atoms with Crippen LogP contribution in [0.1, 0.15) is 21.5 Å². The van der Waals surface area contributed by atoms with Crippen molar-refractivity contribution in [3.05, 3.63) is 33.3 Å². The molecule has 0 fully saturated rings. The lowest BCUT2D eigenvalue weighted by molar-refractivity contribution is 0.112. The molecule has 1 aromatic rings. The van der Waals surface area contributed by atoms with Gasteiger partial charge in [-0.15, -0.1) is 0 Å². The first kappa shape index (κ1) is 8.47. The van der Waals surface area contributed by atoms with Crippen LogP contribution in [0.4, 0.5) is 0 Å². The van der Waals surface area contributed by atoms with Gasteiger partial charge in [0.1, 0.15) is 0 Å². The van der Waals surface area contributed by atoms with E-state index in [2.05, 4.69) is 15.9 Å². The van der Waals surface area contributed by atoms with Crippen molar-refractivity contribution >= 4 is 22.2 Å². The first-order chi connectivity index (χ1) is 5.16. The summed E-state index contributed by atoms with van der Waals surface area (Å²) >= 11 is 3.36. The van der Waals surface area contributed by atoms with Gasteiger partial charge in [0.05, 0.1) is 0 Å². The smallest absolute Gasteiger partial charge is 0.150 e. The topological polar surface area (TPSA) is 17.1 Å². The van der Waals surface area contributed by atoms with Gasteiger partial charge in [-0.3, -0.25) is 4.79 Å². The highest BCUT2D eigenvalue weighted by Crippen LogP contribution is 2.20. The van der Waals surface area contributed by atoms with Crippen molar-refractivity contribution in [3.63, 3.8) is 0 Å². The molecule has 1 rings (SSSR count). The molecule has 0 unspecified atom stereocenters. The van der Waals surface area contributed by atoms with Gasteiger partial charge in [0.2, 0.25) is 0 Å². The molecule has 2 heteroatoms. The second-order valence-corrected chi connectivity index (χ2v) is 3.38. The largest absolute Gasteiger partial charge is 0.298 e. The van der Waals surface area contributed by atoms with Gasteiger partial charge in [-0.1, -0.05) is 22.0 Å². The Labute approximate surface area is 74.6 Å². The highest BCUT2D eigenvalue weighted by Gasteiger charge is 2.03. The van der Waals surface area contributed by atoms with E-state index >= 15 is 0 Å². The van der Waals surface area contributed by atoms with Crippen molar-refractivity contribution in [2.24, 2.45) is 0 Å². The summed E-state index contributed by atoms with van der Waals surface area (Å²) in [6, 6.07) is 3.89. The third-order valence-electron chi connectivity index (χ3n) is 1.78.